The van der Waals surface area contributed by atoms with Crippen molar-refractivity contribution in [2.24, 2.45) is 0 Å². The molecule has 0 aliphatic carbocycles. The molecule has 210 valence electrons. The molecule has 0 atom stereocenters. The fourth-order valence-corrected chi connectivity index (χ4v) is 3.17. The molecule has 0 unspecified atom stereocenters. The first-order chi connectivity index (χ1) is 17.9. The fourth-order valence-electron chi connectivity index (χ4n) is 3.17. The van der Waals surface area contributed by atoms with Gasteiger partial charge in [0, 0.05) is 12.0 Å². The quantitative estimate of drug-likeness (QED) is 0.0602. The maximum absolute atomic E-state index is 11.8. The second kappa shape index (κ2) is 39.2. The van der Waals surface area contributed by atoms with Crippen LogP contribution in [0.15, 0.2) is 24.3 Å². The number of ether oxygens (including phenoxy) is 1. The van der Waals surface area contributed by atoms with Crippen molar-refractivity contribution in [3.63, 3.8) is 0 Å². The van der Waals surface area contributed by atoms with E-state index in [1.165, 1.54) is 56.4 Å². The van der Waals surface area contributed by atoms with Crippen LogP contribution >= 0.6 is 0 Å². The third-order valence-electron chi connectivity index (χ3n) is 5.32. The molecule has 0 spiro atoms. The third-order valence-corrected chi connectivity index (χ3v) is 5.32. The van der Waals surface area contributed by atoms with Crippen molar-refractivity contribution in [3.8, 4) is 0 Å². The van der Waals surface area contributed by atoms with Gasteiger partial charge in [0.25, 0.3) is 0 Å². The summed E-state index contributed by atoms with van der Waals surface area (Å²) in [5.74, 6) is -3.06. The van der Waals surface area contributed by atoms with Gasteiger partial charge in [-0.25, -0.2) is 4.79 Å². The summed E-state index contributed by atoms with van der Waals surface area (Å²) in [5, 5.41) is 10.9. The summed E-state index contributed by atoms with van der Waals surface area (Å²) in [6, 6.07) is 5.50. The van der Waals surface area contributed by atoms with E-state index in [2.05, 4.69) is 25.5 Å². The average molecular weight is 587 g/mol. The average Bonchev–Trinajstić information content (AvgIpc) is 2.89. The van der Waals surface area contributed by atoms with Gasteiger partial charge in [-0.05, 0) is 12.5 Å². The number of aromatic carboxylic acids is 1. The number of esters is 2. The molecule has 10 heteroatoms. The van der Waals surface area contributed by atoms with Gasteiger partial charge in [0.1, 0.15) is 0 Å². The Balaban J connectivity index is -0.000000180. The molecular weight excluding hydrogens is 541 g/mol. The van der Waals surface area contributed by atoms with E-state index < -0.39 is 17.9 Å². The third kappa shape index (κ3) is 32.7. The Hall–Kier alpha value is 0.170. The Labute approximate surface area is 308 Å². The smallest absolute Gasteiger partial charge is 0.545 e. The molecule has 0 N–H and O–H groups in total. The normalized spacial score (nSPS) is 8.97. The minimum Gasteiger partial charge on any atom is -0.545 e. The number of carboxylic acids is 1. The Bertz CT molecular complexity index is 759. The molecule has 0 saturated heterocycles. The first-order valence-corrected chi connectivity index (χ1v) is 13.6. The topological polar surface area (TPSA) is 118 Å². The summed E-state index contributed by atoms with van der Waals surface area (Å²) in [6.45, 7) is 6.40. The molecule has 1 aromatic carbocycles. The molecule has 0 bridgehead atoms. The first-order valence-electron chi connectivity index (χ1n) is 13.6. The number of carboxylic acid groups (broad SMARTS) is 1. The number of rotatable bonds is 18. The van der Waals surface area contributed by atoms with Crippen molar-refractivity contribution < 1.29 is 122 Å². The van der Waals surface area contributed by atoms with Crippen LogP contribution in [0.5, 0.6) is 0 Å². The van der Waals surface area contributed by atoms with E-state index in [0.29, 0.717) is 19.3 Å². The van der Waals surface area contributed by atoms with E-state index in [4.69, 9.17) is 0 Å². The van der Waals surface area contributed by atoms with Gasteiger partial charge in [-0.3, -0.25) is 17.4 Å². The van der Waals surface area contributed by atoms with Crippen LogP contribution in [0.25, 0.3) is 0 Å². The van der Waals surface area contributed by atoms with E-state index in [9.17, 15) is 29.1 Å². The molecule has 0 aromatic heterocycles. The molecule has 7 nitrogen and oxygen atoms in total. The number of carbonyl (C=O) groups is 3. The van der Waals surface area contributed by atoms with E-state index >= 15 is 0 Å². The zero-order chi connectivity index (χ0) is 28.2. The van der Waals surface area contributed by atoms with E-state index in [1.54, 1.807) is 0 Å². The maximum atomic E-state index is 11.8. The van der Waals surface area contributed by atoms with Gasteiger partial charge < -0.3 is 24.2 Å². The van der Waals surface area contributed by atoms with Gasteiger partial charge >= 0.3 is 101 Å². The van der Waals surface area contributed by atoms with Crippen LogP contribution in [0.3, 0.4) is 0 Å². The van der Waals surface area contributed by atoms with Crippen molar-refractivity contribution in [2.45, 2.75) is 124 Å². The minimum absolute atomic E-state index is 0. The van der Waals surface area contributed by atoms with Gasteiger partial charge in [-0.15, -0.1) is 0 Å². The number of carbonyl (C=O) groups excluding carboxylic acids is 5. The molecule has 0 radical (unpaired) electrons. The summed E-state index contributed by atoms with van der Waals surface area (Å²) in [7, 11) is 0. The molecule has 40 heavy (non-hydrogen) atoms. The molecule has 0 amide bonds. The van der Waals surface area contributed by atoms with Crippen LogP contribution in [0.2, 0.25) is 0 Å². The molecule has 0 saturated carbocycles. The van der Waals surface area contributed by atoms with Crippen molar-refractivity contribution in [1.82, 2.24) is 0 Å². The second-order valence-electron chi connectivity index (χ2n) is 8.67. The number of unbranched alkanes of at least 4 members (excludes halogenated alkanes) is 12. The van der Waals surface area contributed by atoms with Gasteiger partial charge in [0.2, 0.25) is 0 Å². The Morgan fingerprint density at radius 1 is 0.650 bits per heavy atom. The van der Waals surface area contributed by atoms with Crippen LogP contribution in [0, 0.1) is 0 Å². The van der Waals surface area contributed by atoms with Crippen molar-refractivity contribution in [1.29, 1.82) is 0 Å². The number of hydrogen-bond donors (Lipinski definition) is 0. The fraction of sp³-hybridized carbons (Fsp3) is 0.633. The number of hydrogen-bond acceptors (Lipinski definition) is 7. The van der Waals surface area contributed by atoms with E-state index in [1.807, 2.05) is 12.6 Å². The zero-order valence-corrected chi connectivity index (χ0v) is 32.0. The number of benzene rings is 1. The molecule has 1 aromatic rings. The van der Waals surface area contributed by atoms with E-state index in [-0.39, 0.29) is 106 Å². The largest absolute Gasteiger partial charge is 1.00 e. The monoisotopic (exact) mass is 586 g/mol. The summed E-state index contributed by atoms with van der Waals surface area (Å²) in [5.41, 5.74) is -0.449. The molecule has 0 heterocycles. The van der Waals surface area contributed by atoms with Crippen molar-refractivity contribution in [2.75, 3.05) is 0 Å². The minimum atomic E-state index is -1.48. The van der Waals surface area contributed by atoms with Gasteiger partial charge in [-0.2, -0.15) is 12.8 Å². The van der Waals surface area contributed by atoms with Crippen LogP contribution in [0.1, 0.15) is 144 Å². The Morgan fingerprint density at radius 2 is 1.05 bits per heavy atom. The molecule has 0 aliphatic heterocycles. The van der Waals surface area contributed by atoms with Crippen LogP contribution < -0.4 is 93.8 Å². The van der Waals surface area contributed by atoms with Gasteiger partial charge in [0.15, 0.2) is 0 Å². The zero-order valence-electron chi connectivity index (χ0n) is 26.0. The SMILES string of the molecule is CCCCCCCC(=O)OC(=O)c1ccccc1C(=O)[O-].CCCCCCC[C-]=O.CCCCC[C-]=O.[Na+].[Na+].[Na+]. The summed E-state index contributed by atoms with van der Waals surface area (Å²) < 4.78 is 4.66. The van der Waals surface area contributed by atoms with E-state index in [0.717, 1.165) is 44.9 Å². The summed E-state index contributed by atoms with van der Waals surface area (Å²) in [6.07, 6.45) is 19.4. The van der Waals surface area contributed by atoms with Gasteiger partial charge in [-0.1, -0.05) is 116 Å². The standard InChI is InChI=1S/C16H20O5.C8H15O.C6H11O.3Na/c1-2-3-4-5-6-11-14(17)21-16(20)13-10-8-7-9-12(13)15(18)19;1-2-3-4-5-6-7-8-9;1-2-3-4-5-6-7;;;/h7-10H,2-6,11H2,1H3,(H,18,19);2-7H2,1H3;2-5H2,1H3;;;/q;2*-1;3*+1/p-1. The summed E-state index contributed by atoms with van der Waals surface area (Å²) in [4.78, 5) is 53.5. The maximum Gasteiger partial charge on any atom is 1.00 e. The van der Waals surface area contributed by atoms with Gasteiger partial charge in [0.05, 0.1) is 11.5 Å². The van der Waals surface area contributed by atoms with Crippen LogP contribution in [0.4, 0.5) is 0 Å². The van der Waals surface area contributed by atoms with Crippen LogP contribution in [-0.2, 0) is 19.1 Å². The van der Waals surface area contributed by atoms with Crippen molar-refractivity contribution >= 4 is 30.5 Å². The molecule has 0 fully saturated rings. The Kier molecular flexibility index (Phi) is 48.8. The predicted octanol–water partition coefficient (Wildman–Crippen LogP) is -2.76. The second-order valence-corrected chi connectivity index (χ2v) is 8.67. The predicted molar refractivity (Wildman–Crippen MR) is 143 cm³/mol. The Morgan fingerprint density at radius 3 is 1.50 bits per heavy atom. The molecule has 1 rings (SSSR count). The molecular formula is C30H45Na3O7. The van der Waals surface area contributed by atoms with Crippen molar-refractivity contribution in [3.05, 3.63) is 35.4 Å². The first kappa shape index (κ1) is 49.8. The van der Waals surface area contributed by atoms with Crippen LogP contribution in [-0.4, -0.2) is 30.5 Å². The molecule has 0 aliphatic rings. The summed E-state index contributed by atoms with van der Waals surface area (Å²) >= 11 is 0.